The normalized spacial score (nSPS) is 27.9. The van der Waals surface area contributed by atoms with Crippen molar-refractivity contribution in [1.29, 1.82) is 0 Å². The van der Waals surface area contributed by atoms with Crippen LogP contribution in [0, 0.1) is 41.4 Å². The number of nitrogens with zero attached hydrogens (tertiary/aromatic N) is 4. The van der Waals surface area contributed by atoms with Crippen LogP contribution in [-0.2, 0) is 98.9 Å². The van der Waals surface area contributed by atoms with Crippen LogP contribution in [0.2, 0.25) is 10.0 Å². The fraction of sp³-hybridized carbons (Fsp3) is 0.626. The lowest BCUT2D eigenvalue weighted by Crippen LogP contribution is -2.60. The van der Waals surface area contributed by atoms with E-state index in [1.807, 2.05) is 75.3 Å². The molecule has 0 saturated carbocycles. The fourth-order valence-electron chi connectivity index (χ4n) is 13.5. The summed E-state index contributed by atoms with van der Waals surface area (Å²) >= 11 is 12.2. The predicted octanol–water partition coefficient (Wildman–Crippen LogP) is 9.84. The van der Waals surface area contributed by atoms with Gasteiger partial charge in [0, 0.05) is 68.1 Å². The number of hydrogen-bond acceptors (Lipinski definition) is 19. The van der Waals surface area contributed by atoms with Crippen LogP contribution < -0.4 is 31.9 Å². The minimum absolute atomic E-state index is 0.0229. The Balaban J connectivity index is 0.000000630. The molecule has 0 aliphatic carbocycles. The third-order valence-corrected chi connectivity index (χ3v) is 23.2. The number of halogens is 2. The number of hydrogen-bond donors (Lipinski definition) is 7. The number of likely N-dealkylation sites (N-methyl/N-ethyl adjacent to an activating group) is 4. The molecule has 0 aromatic heterocycles. The number of aliphatic hydroxyl groups is 1. The number of nitrogens with one attached hydrogen (secondary N) is 6. The molecule has 10 amide bonds. The molecule has 0 radical (unpaired) electrons. The molecule has 31 heteroatoms. The Morgan fingerprint density at radius 1 is 0.492 bits per heavy atom. The number of benzene rings is 2. The van der Waals surface area contributed by atoms with Crippen LogP contribution in [0.4, 0.5) is 0 Å². The monoisotopic (exact) mass is 1740 g/mol. The van der Waals surface area contributed by atoms with Gasteiger partial charge in [-0.05, 0) is 191 Å². The number of ether oxygens (including phenoxy) is 4. The first kappa shape index (κ1) is 107. The Morgan fingerprint density at radius 2 is 0.820 bits per heavy atom. The summed E-state index contributed by atoms with van der Waals surface area (Å²) in [6.45, 7) is 38.6. The zero-order chi connectivity index (χ0) is 93.0. The summed E-state index contributed by atoms with van der Waals surface area (Å²) in [5, 5.41) is 28.6. The second kappa shape index (κ2) is 49.1. The average molecular weight is 1750 g/mol. The zero-order valence-electron chi connectivity index (χ0n) is 76.7. The van der Waals surface area contributed by atoms with E-state index in [2.05, 4.69) is 31.9 Å². The van der Waals surface area contributed by atoms with Gasteiger partial charge in [0.25, 0.3) is 11.8 Å². The molecule has 122 heavy (non-hydrogen) atoms. The van der Waals surface area contributed by atoms with Gasteiger partial charge in [0.2, 0.25) is 47.3 Å². The summed E-state index contributed by atoms with van der Waals surface area (Å²) in [4.78, 5) is 198. The van der Waals surface area contributed by atoms with Crippen molar-refractivity contribution in [3.63, 3.8) is 0 Å². The fourth-order valence-corrected chi connectivity index (χ4v) is 13.7. The maximum Gasteiger partial charge on any atom is 0.334 e. The van der Waals surface area contributed by atoms with Gasteiger partial charge in [0.1, 0.15) is 59.5 Å². The molecular formula is C91H138Cl2N10O19. The van der Waals surface area contributed by atoms with Gasteiger partial charge in [-0.25, -0.2) is 19.2 Å². The highest BCUT2D eigenvalue weighted by Gasteiger charge is 2.44. The van der Waals surface area contributed by atoms with E-state index in [1.165, 1.54) is 97.4 Å². The summed E-state index contributed by atoms with van der Waals surface area (Å²) in [7, 11) is 5.67. The molecule has 2 aliphatic heterocycles. The topological polar surface area (TPSA) is 381 Å². The SMILES string of the molecule is C/C=C(\C)[C@H]1OC(=O)C(C)(C)NC(=O)[C@H](C(C)CC)NC(=O)CN(C)C(=O)[C@@H](Cc2ccc(Cl)cc2)N(C)C(=O)[C@H](C)NC(=O)[C@@H](CC(C)C)OC(=O)/C(C)=C/C[C@H](C)[C@@H]1C.C/C=C(\C)[C@H]1OC(=O)C(C)(C)NC(=O)[C@H](C(C)CC)NC(=O)CN(C)C(=O)[C@@H](Cc2ccc(Cl)cc2)N(C)C(=O)[C@H](C)NC(=O)[C@@H](CC(C)C)OC(=O)/C(C)=C/C[C@H](O)[C@@H]1C. The summed E-state index contributed by atoms with van der Waals surface area (Å²) in [6.07, 6.45) is 3.34. The third kappa shape index (κ3) is 32.3. The van der Waals surface area contributed by atoms with E-state index in [9.17, 15) is 72.2 Å². The molecule has 2 aliphatic rings. The van der Waals surface area contributed by atoms with Crippen LogP contribution in [0.5, 0.6) is 0 Å². The van der Waals surface area contributed by atoms with E-state index in [1.54, 1.807) is 102 Å². The van der Waals surface area contributed by atoms with Gasteiger partial charge in [-0.3, -0.25) is 47.9 Å². The largest absolute Gasteiger partial charge is 0.456 e. The van der Waals surface area contributed by atoms with Crippen LogP contribution in [-0.4, -0.2) is 227 Å². The molecule has 16 atom stereocenters. The quantitative estimate of drug-likeness (QED) is 0.0525. The highest BCUT2D eigenvalue weighted by Crippen LogP contribution is 2.31. The summed E-state index contributed by atoms with van der Waals surface area (Å²) in [5.41, 5.74) is 0.0597. The Morgan fingerprint density at radius 3 is 1.14 bits per heavy atom. The average Bonchev–Trinajstić information content (AvgIpc) is 0.829. The maximum absolute atomic E-state index is 14.2. The molecule has 2 aromatic carbocycles. The lowest BCUT2D eigenvalue weighted by atomic mass is 9.84. The number of carbonyl (C=O) groups is 14. The first-order valence-corrected chi connectivity index (χ1v) is 42.9. The summed E-state index contributed by atoms with van der Waals surface area (Å²) in [6, 6.07) is 6.67. The van der Waals surface area contributed by atoms with Crippen LogP contribution in [0.1, 0.15) is 209 Å². The number of allylic oxidation sites excluding steroid dienone is 3. The molecule has 2 unspecified atom stereocenters. The van der Waals surface area contributed by atoms with Crippen LogP contribution in [0.25, 0.3) is 0 Å². The first-order valence-electron chi connectivity index (χ1n) is 42.2. The minimum Gasteiger partial charge on any atom is -0.456 e. The molecule has 2 heterocycles. The van der Waals surface area contributed by atoms with Gasteiger partial charge in [0.05, 0.1) is 19.2 Å². The third-order valence-electron chi connectivity index (χ3n) is 22.7. The van der Waals surface area contributed by atoms with E-state index >= 15 is 0 Å². The van der Waals surface area contributed by atoms with Crippen molar-refractivity contribution >= 4 is 106 Å². The molecule has 0 bridgehead atoms. The molecule has 680 valence electrons. The highest BCUT2D eigenvalue weighted by atomic mass is 35.5. The molecule has 2 aromatic rings. The lowest BCUT2D eigenvalue weighted by Gasteiger charge is -2.34. The van der Waals surface area contributed by atoms with Crippen molar-refractivity contribution < 1.29 is 91.2 Å². The number of aliphatic hydroxyl groups excluding tert-OH is 1. The second-order valence-electron chi connectivity index (χ2n) is 34.8. The van der Waals surface area contributed by atoms with E-state index < -0.39 is 186 Å². The van der Waals surface area contributed by atoms with Crippen LogP contribution in [0.3, 0.4) is 0 Å². The Bertz CT molecular complexity index is 3850. The zero-order valence-corrected chi connectivity index (χ0v) is 78.2. The van der Waals surface area contributed by atoms with Crippen molar-refractivity contribution in [1.82, 2.24) is 51.5 Å². The van der Waals surface area contributed by atoms with E-state index in [-0.39, 0.29) is 72.8 Å². The minimum atomic E-state index is -1.59. The Kier molecular flexibility index (Phi) is 43.0. The first-order chi connectivity index (χ1) is 56.7. The van der Waals surface area contributed by atoms with Gasteiger partial charge >= 0.3 is 23.9 Å². The summed E-state index contributed by atoms with van der Waals surface area (Å²) in [5.74, 6) is -11.3. The Hall–Kier alpha value is -9.48. The van der Waals surface area contributed by atoms with Gasteiger partial charge in [-0.1, -0.05) is 161 Å². The highest BCUT2D eigenvalue weighted by molar-refractivity contribution is 6.30. The van der Waals surface area contributed by atoms with Gasteiger partial charge in [-0.2, -0.15) is 0 Å². The van der Waals surface area contributed by atoms with Gasteiger partial charge in [0.15, 0.2) is 12.2 Å². The Labute approximate surface area is 732 Å². The lowest BCUT2D eigenvalue weighted by molar-refractivity contribution is -0.160. The molecule has 0 spiro atoms. The van der Waals surface area contributed by atoms with Gasteiger partial charge in [-0.15, -0.1) is 0 Å². The number of carbonyl (C=O) groups excluding carboxylic acids is 14. The van der Waals surface area contributed by atoms with E-state index in [4.69, 9.17) is 42.1 Å². The van der Waals surface area contributed by atoms with Crippen LogP contribution in [0.15, 0.2) is 95.1 Å². The van der Waals surface area contributed by atoms with Crippen molar-refractivity contribution in [3.8, 4) is 0 Å². The molecule has 0 fully saturated rings. The summed E-state index contributed by atoms with van der Waals surface area (Å²) < 4.78 is 23.5. The van der Waals surface area contributed by atoms with E-state index in [0.717, 1.165) is 10.5 Å². The van der Waals surface area contributed by atoms with Gasteiger partial charge < -0.3 is 75.6 Å². The van der Waals surface area contributed by atoms with Crippen molar-refractivity contribution in [2.24, 2.45) is 41.4 Å². The number of amides is 10. The molecule has 7 N–H and O–H groups in total. The molecule has 0 saturated heterocycles. The molecule has 4 rings (SSSR count). The van der Waals surface area contributed by atoms with Crippen molar-refractivity contribution in [2.75, 3.05) is 41.3 Å². The number of esters is 4. The molecule has 29 nitrogen and oxygen atoms in total. The van der Waals surface area contributed by atoms with Crippen molar-refractivity contribution in [3.05, 3.63) is 116 Å². The predicted molar refractivity (Wildman–Crippen MR) is 469 cm³/mol. The smallest absolute Gasteiger partial charge is 0.334 e. The maximum atomic E-state index is 14.2. The van der Waals surface area contributed by atoms with Crippen molar-refractivity contribution in [2.45, 2.75) is 288 Å². The molecular weight excluding hydrogens is 1610 g/mol. The van der Waals surface area contributed by atoms with Crippen LogP contribution >= 0.6 is 23.2 Å². The second-order valence-corrected chi connectivity index (χ2v) is 35.7. The number of rotatable bonds is 14. The van der Waals surface area contributed by atoms with E-state index in [0.29, 0.717) is 46.0 Å². The standard InChI is InChI=1S/C46H70ClN5O9.C45H68ClN5O10/c1-15-27(5)38-41(55)50-46(11,12)45(59)61-39(28(6)16-2)31(9)29(7)17-18-30(8)44(58)60-36(23-26(3)4)40(54)48-32(10)42(56)52(14)35(24-33-19-21-34(47)22-20-33)43(57)51(13)25-37(53)49-38;1-14-26(5)37-40(55)49-45(10,11)44(59)61-38(27(6)15-2)29(8)34(52)21-16-28(7)43(58)60-35(22-25(3)4)39(54)47-30(9)41(56)51(13)33(23-31-17-19-32(46)20-18-31)42(57)50(12)24-36(53)48-37/h16,18-22,26-27,29,31-32,35-36,38-39H,15,17,23-25H2,1-14H3,(H,48,54)(H,49,53)(H,50,55);15-20,25-26,29-30,33-35,37-38,52H,14,21-24H2,1-13H3,(H,47,54)(H,48,53)(H,49,55)/b28-16+,30-18+;27-15+,28-16+/t27?,29-,31-,32-,35+,36+,38-,39+;26?,29-,30-,33+,34-,35+,37-,38+/m00/s1. The number of cyclic esters (lactones) is 4.